The Balaban J connectivity index is 1.25. The van der Waals surface area contributed by atoms with E-state index >= 15 is 0 Å². The Bertz CT molecular complexity index is 871. The molecule has 1 atom stereocenters. The topological polar surface area (TPSA) is 102 Å². The first-order chi connectivity index (χ1) is 12.3. The summed E-state index contributed by atoms with van der Waals surface area (Å²) in [5, 5.41) is 9.49. The van der Waals surface area contributed by atoms with Crippen LogP contribution in [-0.4, -0.2) is 34.3 Å². The van der Waals surface area contributed by atoms with Gasteiger partial charge in [-0.2, -0.15) is 4.98 Å². The highest BCUT2D eigenvalue weighted by atomic mass is 32.1. The van der Waals surface area contributed by atoms with Gasteiger partial charge in [0.25, 0.3) is 5.89 Å². The van der Waals surface area contributed by atoms with Crippen LogP contribution in [0.1, 0.15) is 30.7 Å². The molecule has 1 saturated heterocycles. The van der Waals surface area contributed by atoms with E-state index in [2.05, 4.69) is 25.8 Å². The third-order valence-electron chi connectivity index (χ3n) is 3.91. The van der Waals surface area contributed by atoms with Gasteiger partial charge in [-0.1, -0.05) is 5.16 Å². The molecule has 25 heavy (non-hydrogen) atoms. The molecule has 1 aliphatic rings. The number of anilines is 1. The van der Waals surface area contributed by atoms with Crippen molar-refractivity contribution in [1.82, 2.24) is 20.4 Å². The second-order valence-corrected chi connectivity index (χ2v) is 6.60. The number of thiazole rings is 1. The molecule has 130 valence electrons. The fourth-order valence-electron chi connectivity index (χ4n) is 2.67. The molecule has 4 rings (SSSR count). The van der Waals surface area contributed by atoms with Crippen LogP contribution < -0.4 is 10.6 Å². The van der Waals surface area contributed by atoms with Crippen molar-refractivity contribution in [3.05, 3.63) is 35.4 Å². The summed E-state index contributed by atoms with van der Waals surface area (Å²) >= 11 is 1.57. The molecule has 0 saturated carbocycles. The summed E-state index contributed by atoms with van der Waals surface area (Å²) in [6, 6.07) is 5.36. The lowest BCUT2D eigenvalue weighted by molar-refractivity contribution is 0.0835. The Labute approximate surface area is 147 Å². The Morgan fingerprint density at radius 1 is 1.40 bits per heavy atom. The maximum Gasteiger partial charge on any atom is 0.319 e. The number of ether oxygens (including phenoxy) is 1. The highest BCUT2D eigenvalue weighted by Gasteiger charge is 2.23. The van der Waals surface area contributed by atoms with E-state index in [1.807, 2.05) is 18.2 Å². The quantitative estimate of drug-likeness (QED) is 0.726. The van der Waals surface area contributed by atoms with Crippen molar-refractivity contribution < 1.29 is 14.1 Å². The number of hydrogen-bond donors (Lipinski definition) is 2. The molecule has 0 bridgehead atoms. The average molecular weight is 359 g/mol. The van der Waals surface area contributed by atoms with E-state index in [-0.39, 0.29) is 12.1 Å². The molecular weight excluding hydrogens is 342 g/mol. The molecule has 2 amide bonds. The Morgan fingerprint density at radius 2 is 2.36 bits per heavy atom. The SMILES string of the molecule is O=C(NCCc1noc(C2CCCO2)n1)Nc1ccc2scnc2c1. The van der Waals surface area contributed by atoms with E-state index in [1.165, 1.54) is 0 Å². The Morgan fingerprint density at radius 3 is 3.24 bits per heavy atom. The Kier molecular flexibility index (Phi) is 4.57. The largest absolute Gasteiger partial charge is 0.368 e. The molecular formula is C16H17N5O3S. The first-order valence-electron chi connectivity index (χ1n) is 8.10. The lowest BCUT2D eigenvalue weighted by Gasteiger charge is -2.06. The van der Waals surface area contributed by atoms with Crippen molar-refractivity contribution in [3.8, 4) is 0 Å². The van der Waals surface area contributed by atoms with E-state index in [9.17, 15) is 4.79 Å². The van der Waals surface area contributed by atoms with Gasteiger partial charge in [0.2, 0.25) is 0 Å². The number of benzene rings is 1. The van der Waals surface area contributed by atoms with Crippen LogP contribution in [0.25, 0.3) is 10.2 Å². The minimum Gasteiger partial charge on any atom is -0.368 e. The van der Waals surface area contributed by atoms with Crippen LogP contribution in [0.15, 0.2) is 28.2 Å². The number of nitrogens with one attached hydrogen (secondary N) is 2. The molecule has 0 aliphatic carbocycles. The average Bonchev–Trinajstić information content (AvgIpc) is 3.35. The molecule has 9 heteroatoms. The number of nitrogens with zero attached hydrogens (tertiary/aromatic N) is 3. The molecule has 2 N–H and O–H groups in total. The first-order valence-corrected chi connectivity index (χ1v) is 8.98. The predicted molar refractivity (Wildman–Crippen MR) is 92.6 cm³/mol. The number of carbonyl (C=O) groups excluding carboxylic acids is 1. The van der Waals surface area contributed by atoms with Crippen LogP contribution in [-0.2, 0) is 11.2 Å². The third kappa shape index (κ3) is 3.77. The van der Waals surface area contributed by atoms with Crippen LogP contribution in [0.2, 0.25) is 0 Å². The fraction of sp³-hybridized carbons (Fsp3) is 0.375. The maximum absolute atomic E-state index is 12.0. The zero-order valence-corrected chi connectivity index (χ0v) is 14.2. The van der Waals surface area contributed by atoms with Crippen LogP contribution in [0.3, 0.4) is 0 Å². The molecule has 0 radical (unpaired) electrons. The molecule has 1 aliphatic heterocycles. The molecule has 1 fully saturated rings. The smallest absolute Gasteiger partial charge is 0.319 e. The van der Waals surface area contributed by atoms with E-state index in [0.717, 1.165) is 29.7 Å². The number of fused-ring (bicyclic) bond motifs is 1. The number of carbonyl (C=O) groups is 1. The third-order valence-corrected chi connectivity index (χ3v) is 4.72. The molecule has 3 heterocycles. The number of urea groups is 1. The maximum atomic E-state index is 12.0. The minimum atomic E-state index is -0.280. The van der Waals surface area contributed by atoms with Crippen molar-refractivity contribution in [2.45, 2.75) is 25.4 Å². The lowest BCUT2D eigenvalue weighted by Crippen LogP contribution is -2.30. The van der Waals surface area contributed by atoms with Gasteiger partial charge in [0, 0.05) is 25.3 Å². The van der Waals surface area contributed by atoms with Crippen LogP contribution in [0.5, 0.6) is 0 Å². The summed E-state index contributed by atoms with van der Waals surface area (Å²) < 4.78 is 11.8. The molecule has 3 aromatic rings. The second kappa shape index (κ2) is 7.16. The summed E-state index contributed by atoms with van der Waals surface area (Å²) in [5.74, 6) is 1.09. The zero-order chi connectivity index (χ0) is 17.1. The summed E-state index contributed by atoms with van der Waals surface area (Å²) in [7, 11) is 0. The van der Waals surface area contributed by atoms with Gasteiger partial charge in [0.15, 0.2) is 5.82 Å². The van der Waals surface area contributed by atoms with Crippen LogP contribution >= 0.6 is 11.3 Å². The van der Waals surface area contributed by atoms with Crippen LogP contribution in [0.4, 0.5) is 10.5 Å². The first kappa shape index (κ1) is 16.0. The molecule has 1 unspecified atom stereocenters. The highest BCUT2D eigenvalue weighted by Crippen LogP contribution is 2.26. The molecule has 1 aromatic carbocycles. The predicted octanol–water partition coefficient (Wildman–Crippen LogP) is 2.90. The van der Waals surface area contributed by atoms with E-state index in [1.54, 1.807) is 16.8 Å². The van der Waals surface area contributed by atoms with Gasteiger partial charge in [-0.25, -0.2) is 9.78 Å². The normalized spacial score (nSPS) is 17.0. The van der Waals surface area contributed by atoms with E-state index in [0.29, 0.717) is 30.4 Å². The summed E-state index contributed by atoms with van der Waals surface area (Å²) in [6.45, 7) is 1.14. The monoisotopic (exact) mass is 359 g/mol. The number of aromatic nitrogens is 3. The van der Waals surface area contributed by atoms with E-state index < -0.39 is 0 Å². The standard InChI is InChI=1S/C16H17N5O3S/c22-16(19-10-3-4-13-11(8-10)18-9-25-13)17-6-5-14-20-15(24-21-14)12-2-1-7-23-12/h3-4,8-9,12H,1-2,5-7H2,(H2,17,19,22). The second-order valence-electron chi connectivity index (χ2n) is 5.72. The fourth-order valence-corrected chi connectivity index (χ4v) is 3.33. The van der Waals surface area contributed by atoms with Gasteiger partial charge in [-0.05, 0) is 31.0 Å². The van der Waals surface area contributed by atoms with E-state index in [4.69, 9.17) is 9.26 Å². The van der Waals surface area contributed by atoms with Gasteiger partial charge in [0.05, 0.1) is 15.7 Å². The van der Waals surface area contributed by atoms with Gasteiger partial charge in [-0.3, -0.25) is 0 Å². The molecule has 0 spiro atoms. The summed E-state index contributed by atoms with van der Waals surface area (Å²) in [5.41, 5.74) is 3.36. The van der Waals surface area contributed by atoms with Crippen LogP contribution in [0, 0.1) is 0 Å². The zero-order valence-electron chi connectivity index (χ0n) is 13.4. The molecule has 8 nitrogen and oxygen atoms in total. The van der Waals surface area contributed by atoms with Crippen molar-refractivity contribution in [1.29, 1.82) is 0 Å². The van der Waals surface area contributed by atoms with Gasteiger partial charge in [0.1, 0.15) is 6.10 Å². The summed E-state index contributed by atoms with van der Waals surface area (Å²) in [6.07, 6.45) is 2.33. The van der Waals surface area contributed by atoms with Crippen molar-refractivity contribution in [2.75, 3.05) is 18.5 Å². The van der Waals surface area contributed by atoms with Crippen molar-refractivity contribution in [3.63, 3.8) is 0 Å². The summed E-state index contributed by atoms with van der Waals surface area (Å²) in [4.78, 5) is 20.5. The minimum absolute atomic E-state index is 0.0851. The number of rotatable bonds is 5. The van der Waals surface area contributed by atoms with Gasteiger partial charge < -0.3 is 19.9 Å². The van der Waals surface area contributed by atoms with Gasteiger partial charge in [-0.15, -0.1) is 11.3 Å². The Hall–Kier alpha value is -2.52. The number of hydrogen-bond acceptors (Lipinski definition) is 7. The molecule has 2 aromatic heterocycles. The van der Waals surface area contributed by atoms with Crippen molar-refractivity contribution >= 4 is 33.3 Å². The number of amides is 2. The highest BCUT2D eigenvalue weighted by molar-refractivity contribution is 7.16. The van der Waals surface area contributed by atoms with Crippen molar-refractivity contribution in [2.24, 2.45) is 0 Å². The lowest BCUT2D eigenvalue weighted by atomic mass is 10.2. The van der Waals surface area contributed by atoms with Gasteiger partial charge >= 0.3 is 6.03 Å².